The van der Waals surface area contributed by atoms with E-state index >= 15 is 0 Å². The molecule has 0 atom stereocenters. The molecule has 1 fully saturated rings. The van der Waals surface area contributed by atoms with E-state index in [1.54, 1.807) is 19.4 Å². The lowest BCUT2D eigenvalue weighted by atomic mass is 9.92. The quantitative estimate of drug-likeness (QED) is 0.269. The van der Waals surface area contributed by atoms with E-state index in [0.29, 0.717) is 22.4 Å². The number of nitrogen functional groups attached to an aromatic ring is 1. The predicted octanol–water partition coefficient (Wildman–Crippen LogP) is 7.95. The number of ether oxygens (including phenoxy) is 1. The smallest absolute Gasteiger partial charge is 0.141 e. The van der Waals surface area contributed by atoms with Gasteiger partial charge in [0.25, 0.3) is 0 Å². The summed E-state index contributed by atoms with van der Waals surface area (Å²) < 4.78 is 35.4. The number of anilines is 1. The molecule has 0 aliphatic heterocycles. The highest BCUT2D eigenvalue weighted by molar-refractivity contribution is 7.20. The van der Waals surface area contributed by atoms with Gasteiger partial charge in [0.1, 0.15) is 23.2 Å². The normalized spacial score (nSPS) is 14.2. The Morgan fingerprint density at radius 2 is 1.81 bits per heavy atom. The largest absolute Gasteiger partial charge is 0.496 e. The van der Waals surface area contributed by atoms with Crippen LogP contribution in [0.15, 0.2) is 55.2 Å². The lowest BCUT2D eigenvalue weighted by molar-refractivity contribution is 0.223. The molecule has 5 rings (SSSR count). The molecule has 2 N–H and O–H groups in total. The molecule has 4 nitrogen and oxygen atoms in total. The van der Waals surface area contributed by atoms with Crippen LogP contribution in [0.1, 0.15) is 48.1 Å². The van der Waals surface area contributed by atoms with Gasteiger partial charge in [-0.3, -0.25) is 0 Å². The standard InChI is InChI=1S/C30H31F2N3OS/c1-18-28-24(31)11-12-25(32)30(28)37-29(18)19(2)35(23-7-5-4-6-8-23)17-22-15-20(9-13-26(22)36-3)21-10-14-27(33)34-16-21/h9-16,23H,2,4-8,17H2,1,3H3,(H2,33,34). The summed E-state index contributed by atoms with van der Waals surface area (Å²) in [6.07, 6.45) is 7.39. The van der Waals surface area contributed by atoms with Crippen molar-refractivity contribution >= 4 is 32.9 Å². The zero-order valence-corrected chi connectivity index (χ0v) is 22.0. The molecule has 7 heteroatoms. The molecule has 0 bridgehead atoms. The minimum absolute atomic E-state index is 0.284. The highest BCUT2D eigenvalue weighted by atomic mass is 32.1. The number of aromatic nitrogens is 1. The molecule has 0 saturated heterocycles. The molecule has 0 spiro atoms. The molecule has 1 aliphatic rings. The van der Waals surface area contributed by atoms with Gasteiger partial charge in [0.15, 0.2) is 0 Å². The number of halogens is 2. The molecule has 2 heterocycles. The molecule has 4 aromatic rings. The number of pyridine rings is 1. The topological polar surface area (TPSA) is 51.4 Å². The van der Waals surface area contributed by atoms with Gasteiger partial charge in [-0.25, -0.2) is 13.8 Å². The Hall–Kier alpha value is -3.45. The number of hydrogen-bond acceptors (Lipinski definition) is 5. The minimum Gasteiger partial charge on any atom is -0.496 e. The molecule has 0 unspecified atom stereocenters. The molecular formula is C30H31F2N3OS. The number of fused-ring (bicyclic) bond motifs is 1. The first kappa shape index (κ1) is 25.2. The number of nitrogens with zero attached hydrogens (tertiary/aromatic N) is 2. The maximum atomic E-state index is 14.7. The van der Waals surface area contributed by atoms with Crippen molar-refractivity contribution < 1.29 is 13.5 Å². The molecule has 0 radical (unpaired) electrons. The van der Waals surface area contributed by atoms with Crippen LogP contribution in [0.5, 0.6) is 5.75 Å². The average molecular weight is 520 g/mol. The van der Waals surface area contributed by atoms with Gasteiger partial charge in [-0.15, -0.1) is 11.3 Å². The number of thiophene rings is 1. The third-order valence-corrected chi connectivity index (χ3v) is 8.69. The summed E-state index contributed by atoms with van der Waals surface area (Å²) in [5.74, 6) is 0.453. The average Bonchev–Trinajstić information content (AvgIpc) is 3.28. The van der Waals surface area contributed by atoms with E-state index in [2.05, 4.69) is 22.5 Å². The third kappa shape index (κ3) is 4.92. The van der Waals surface area contributed by atoms with E-state index in [1.807, 2.05) is 25.1 Å². The van der Waals surface area contributed by atoms with Crippen molar-refractivity contribution in [1.29, 1.82) is 0 Å². The van der Waals surface area contributed by atoms with Gasteiger partial charge in [0, 0.05) is 41.0 Å². The van der Waals surface area contributed by atoms with E-state index in [9.17, 15) is 8.78 Å². The van der Waals surface area contributed by atoms with Gasteiger partial charge < -0.3 is 15.4 Å². The van der Waals surface area contributed by atoms with Crippen LogP contribution in [0.25, 0.3) is 26.9 Å². The molecule has 2 aromatic heterocycles. The van der Waals surface area contributed by atoms with Gasteiger partial charge in [-0.1, -0.05) is 31.9 Å². The lowest BCUT2D eigenvalue weighted by Crippen LogP contribution is -2.34. The van der Waals surface area contributed by atoms with Crippen molar-refractivity contribution in [3.63, 3.8) is 0 Å². The van der Waals surface area contributed by atoms with Crippen LogP contribution in [0.2, 0.25) is 0 Å². The summed E-state index contributed by atoms with van der Waals surface area (Å²) in [7, 11) is 1.67. The fourth-order valence-electron chi connectivity index (χ4n) is 5.36. The van der Waals surface area contributed by atoms with Crippen LogP contribution in [0.3, 0.4) is 0 Å². The zero-order chi connectivity index (χ0) is 26.1. The van der Waals surface area contributed by atoms with Crippen molar-refractivity contribution in [1.82, 2.24) is 9.88 Å². The second-order valence-corrected chi connectivity index (χ2v) is 10.7. The number of aryl methyl sites for hydroxylation is 1. The van der Waals surface area contributed by atoms with Crippen molar-refractivity contribution in [2.45, 2.75) is 51.6 Å². The van der Waals surface area contributed by atoms with E-state index in [1.165, 1.54) is 29.9 Å². The molecule has 2 aromatic carbocycles. The first-order chi connectivity index (χ1) is 17.9. The lowest BCUT2D eigenvalue weighted by Gasteiger charge is -2.37. The summed E-state index contributed by atoms with van der Waals surface area (Å²) in [4.78, 5) is 7.37. The monoisotopic (exact) mass is 519 g/mol. The van der Waals surface area contributed by atoms with Gasteiger partial charge in [0.2, 0.25) is 0 Å². The summed E-state index contributed by atoms with van der Waals surface area (Å²) in [5.41, 5.74) is 10.3. The second-order valence-electron chi connectivity index (χ2n) is 9.65. The van der Waals surface area contributed by atoms with E-state index in [0.717, 1.165) is 64.3 Å². The highest BCUT2D eigenvalue weighted by Gasteiger charge is 2.27. The van der Waals surface area contributed by atoms with Crippen LogP contribution in [-0.4, -0.2) is 23.0 Å². The highest BCUT2D eigenvalue weighted by Crippen LogP contribution is 2.41. The molecule has 1 aliphatic carbocycles. The molecular weight excluding hydrogens is 488 g/mol. The summed E-state index contributed by atoms with van der Waals surface area (Å²) >= 11 is 1.28. The maximum Gasteiger partial charge on any atom is 0.141 e. The number of benzene rings is 2. The molecule has 192 valence electrons. The van der Waals surface area contributed by atoms with Crippen LogP contribution in [0, 0.1) is 18.6 Å². The van der Waals surface area contributed by atoms with Gasteiger partial charge >= 0.3 is 0 Å². The zero-order valence-electron chi connectivity index (χ0n) is 21.2. The van der Waals surface area contributed by atoms with E-state index in [-0.39, 0.29) is 6.04 Å². The Balaban J connectivity index is 1.56. The van der Waals surface area contributed by atoms with Gasteiger partial charge in [-0.05, 0) is 67.3 Å². The third-order valence-electron chi connectivity index (χ3n) is 7.34. The Kier molecular flexibility index (Phi) is 7.15. The first-order valence-corrected chi connectivity index (χ1v) is 13.4. The van der Waals surface area contributed by atoms with Crippen molar-refractivity contribution in [3.8, 4) is 16.9 Å². The minimum atomic E-state index is -0.403. The number of nitrogens with two attached hydrogens (primary N) is 1. The van der Waals surface area contributed by atoms with Crippen LogP contribution >= 0.6 is 11.3 Å². The predicted molar refractivity (Wildman–Crippen MR) is 149 cm³/mol. The Morgan fingerprint density at radius 3 is 2.49 bits per heavy atom. The number of methoxy groups -OCH3 is 1. The summed E-state index contributed by atoms with van der Waals surface area (Å²) in [6.45, 7) is 6.91. The number of rotatable bonds is 7. The fraction of sp³-hybridized carbons (Fsp3) is 0.300. The van der Waals surface area contributed by atoms with Crippen LogP contribution in [-0.2, 0) is 6.54 Å². The molecule has 1 saturated carbocycles. The molecule has 37 heavy (non-hydrogen) atoms. The Labute approximate surface area is 220 Å². The van der Waals surface area contributed by atoms with Crippen LogP contribution < -0.4 is 10.5 Å². The van der Waals surface area contributed by atoms with E-state index in [4.69, 9.17) is 10.5 Å². The summed E-state index contributed by atoms with van der Waals surface area (Å²) in [6, 6.07) is 12.5. The van der Waals surface area contributed by atoms with Crippen molar-refractivity contribution in [3.05, 3.63) is 82.9 Å². The van der Waals surface area contributed by atoms with Crippen molar-refractivity contribution in [2.75, 3.05) is 12.8 Å². The Bertz CT molecular complexity index is 1440. The molecule has 0 amide bonds. The first-order valence-electron chi connectivity index (χ1n) is 12.6. The van der Waals surface area contributed by atoms with Gasteiger partial charge in [0.05, 0.1) is 16.7 Å². The SMILES string of the molecule is C=C(c1sc2c(F)ccc(F)c2c1C)N(Cc1cc(-c2ccc(N)nc2)ccc1OC)C1CCCCC1. The Morgan fingerprint density at radius 1 is 1.08 bits per heavy atom. The second kappa shape index (κ2) is 10.5. The number of hydrogen-bond donors (Lipinski definition) is 1. The maximum absolute atomic E-state index is 14.7. The fourth-order valence-corrected chi connectivity index (χ4v) is 6.57. The van der Waals surface area contributed by atoms with Gasteiger partial charge in [-0.2, -0.15) is 0 Å². The summed E-state index contributed by atoms with van der Waals surface area (Å²) in [5, 5.41) is 0.347. The van der Waals surface area contributed by atoms with Crippen molar-refractivity contribution in [2.24, 2.45) is 0 Å². The van der Waals surface area contributed by atoms with E-state index < -0.39 is 11.6 Å². The van der Waals surface area contributed by atoms with Crippen LogP contribution in [0.4, 0.5) is 14.6 Å².